The van der Waals surface area contributed by atoms with Crippen LogP contribution in [0.2, 0.25) is 0 Å². The van der Waals surface area contributed by atoms with Crippen LogP contribution in [0.4, 0.5) is 5.69 Å². The van der Waals surface area contributed by atoms with Gasteiger partial charge in [-0.1, -0.05) is 25.3 Å². The maximum atomic E-state index is 12.6. The number of carbonyl (C=O) groups excluding carboxylic acids is 1. The third-order valence-electron chi connectivity index (χ3n) is 4.63. The molecule has 6 nitrogen and oxygen atoms in total. The number of rotatable bonds is 5. The fraction of sp³-hybridized carbons (Fsp3) is 0.444. The van der Waals surface area contributed by atoms with Crippen LogP contribution in [0, 0.1) is 5.92 Å². The maximum absolute atomic E-state index is 12.6. The summed E-state index contributed by atoms with van der Waals surface area (Å²) < 4.78 is 25.1. The Labute approximate surface area is 148 Å². The van der Waals surface area contributed by atoms with Crippen LogP contribution < -0.4 is 5.32 Å². The van der Waals surface area contributed by atoms with Crippen LogP contribution in [0.1, 0.15) is 42.6 Å². The lowest BCUT2D eigenvalue weighted by Crippen LogP contribution is -2.22. The van der Waals surface area contributed by atoms with Crippen molar-refractivity contribution < 1.29 is 13.2 Å². The number of nitrogens with zero attached hydrogens (tertiary/aromatic N) is 2. The minimum absolute atomic E-state index is 0.181. The summed E-state index contributed by atoms with van der Waals surface area (Å²) in [6.07, 6.45) is 8.91. The number of benzene rings is 1. The van der Waals surface area contributed by atoms with Crippen LogP contribution in [-0.4, -0.2) is 30.4 Å². The molecule has 1 aliphatic rings. The van der Waals surface area contributed by atoms with Gasteiger partial charge in [-0.25, -0.2) is 8.42 Å². The molecule has 1 heterocycles. The highest BCUT2D eigenvalue weighted by Gasteiger charge is 2.19. The van der Waals surface area contributed by atoms with Crippen LogP contribution >= 0.6 is 0 Å². The molecule has 25 heavy (non-hydrogen) atoms. The zero-order valence-corrected chi connectivity index (χ0v) is 15.1. The van der Waals surface area contributed by atoms with E-state index in [0.29, 0.717) is 17.3 Å². The molecule has 7 heteroatoms. The predicted octanol–water partition coefficient (Wildman–Crippen LogP) is 3.12. The molecular weight excluding hydrogens is 338 g/mol. The van der Waals surface area contributed by atoms with Gasteiger partial charge in [-0.3, -0.25) is 9.48 Å². The van der Waals surface area contributed by atoms with Crippen LogP contribution in [0.15, 0.2) is 41.4 Å². The standard InChI is InChI=1S/C18H23N3O3S/c1-25(23,24)16-9-5-8-15(12-16)20-18(22)17-10-11-19-21(17)13-14-6-3-2-4-7-14/h5,8-12,14H,2-4,6-7,13H2,1H3,(H,20,22). The first-order valence-electron chi connectivity index (χ1n) is 8.57. The number of nitrogens with one attached hydrogen (secondary N) is 1. The smallest absolute Gasteiger partial charge is 0.273 e. The number of amides is 1. The second-order valence-corrected chi connectivity index (χ2v) is 8.67. The van der Waals surface area contributed by atoms with Gasteiger partial charge in [-0.05, 0) is 43.0 Å². The monoisotopic (exact) mass is 361 g/mol. The fourth-order valence-corrected chi connectivity index (χ4v) is 3.95. The van der Waals surface area contributed by atoms with Gasteiger partial charge in [0.25, 0.3) is 5.91 Å². The van der Waals surface area contributed by atoms with Crippen LogP contribution in [0.25, 0.3) is 0 Å². The van der Waals surface area contributed by atoms with Gasteiger partial charge in [0.15, 0.2) is 9.84 Å². The van der Waals surface area contributed by atoms with Crippen LogP contribution in [0.5, 0.6) is 0 Å². The predicted molar refractivity (Wildman–Crippen MR) is 96.3 cm³/mol. The van der Waals surface area contributed by atoms with Gasteiger partial charge in [0.05, 0.1) is 4.90 Å². The Bertz CT molecular complexity index is 852. The molecule has 134 valence electrons. The second-order valence-electron chi connectivity index (χ2n) is 6.66. The molecular formula is C18H23N3O3S. The van der Waals surface area contributed by atoms with Crippen molar-refractivity contribution in [1.82, 2.24) is 9.78 Å². The highest BCUT2D eigenvalue weighted by Crippen LogP contribution is 2.25. The lowest BCUT2D eigenvalue weighted by atomic mass is 9.89. The van der Waals surface area contributed by atoms with E-state index in [1.807, 2.05) is 0 Å². The van der Waals surface area contributed by atoms with Crippen LogP contribution in [0.3, 0.4) is 0 Å². The Hall–Kier alpha value is -2.15. The normalized spacial score (nSPS) is 15.9. The van der Waals surface area contributed by atoms with Gasteiger partial charge in [0, 0.05) is 24.7 Å². The zero-order valence-electron chi connectivity index (χ0n) is 14.3. The summed E-state index contributed by atoms with van der Waals surface area (Å²) in [5, 5.41) is 7.06. The third kappa shape index (κ3) is 4.48. The molecule has 3 rings (SSSR count). The number of hydrogen-bond donors (Lipinski definition) is 1. The van der Waals surface area contributed by atoms with E-state index in [1.165, 1.54) is 44.2 Å². The van der Waals surface area contributed by atoms with E-state index in [-0.39, 0.29) is 10.8 Å². The quantitative estimate of drug-likeness (QED) is 0.887. The van der Waals surface area contributed by atoms with Gasteiger partial charge < -0.3 is 5.32 Å². The highest BCUT2D eigenvalue weighted by atomic mass is 32.2. The molecule has 0 atom stereocenters. The molecule has 1 N–H and O–H groups in total. The zero-order chi connectivity index (χ0) is 17.9. The summed E-state index contributed by atoms with van der Waals surface area (Å²) in [5.41, 5.74) is 0.952. The number of anilines is 1. The molecule has 0 bridgehead atoms. The molecule has 0 saturated heterocycles. The van der Waals surface area contributed by atoms with E-state index in [4.69, 9.17) is 0 Å². The van der Waals surface area contributed by atoms with E-state index >= 15 is 0 Å². The van der Waals surface area contributed by atoms with Crippen molar-refractivity contribution in [1.29, 1.82) is 0 Å². The van der Waals surface area contributed by atoms with E-state index in [1.54, 1.807) is 29.1 Å². The summed E-state index contributed by atoms with van der Waals surface area (Å²) in [7, 11) is -3.31. The topological polar surface area (TPSA) is 81.1 Å². The van der Waals surface area contributed by atoms with Crippen LogP contribution in [-0.2, 0) is 16.4 Å². The summed E-state index contributed by atoms with van der Waals surface area (Å²) in [4.78, 5) is 12.8. The lowest BCUT2D eigenvalue weighted by Gasteiger charge is -2.22. The first kappa shape index (κ1) is 17.7. The Balaban J connectivity index is 1.73. The summed E-state index contributed by atoms with van der Waals surface area (Å²) in [6.45, 7) is 0.749. The maximum Gasteiger partial charge on any atom is 0.273 e. The largest absolute Gasteiger partial charge is 0.321 e. The number of carbonyl (C=O) groups is 1. The van der Waals surface area contributed by atoms with E-state index in [0.717, 1.165) is 12.8 Å². The second kappa shape index (κ2) is 7.39. The summed E-state index contributed by atoms with van der Waals surface area (Å²) in [5.74, 6) is 0.285. The molecule has 1 aromatic heterocycles. The van der Waals surface area contributed by atoms with E-state index in [9.17, 15) is 13.2 Å². The Kier molecular flexibility index (Phi) is 5.22. The molecule has 1 aromatic carbocycles. The third-order valence-corrected chi connectivity index (χ3v) is 5.74. The van der Waals surface area contributed by atoms with Gasteiger partial charge in [0.1, 0.15) is 5.69 Å². The number of sulfone groups is 1. The molecule has 0 radical (unpaired) electrons. The Morgan fingerprint density at radius 3 is 2.72 bits per heavy atom. The van der Waals surface area contributed by atoms with Gasteiger partial charge in [-0.15, -0.1) is 0 Å². The first-order valence-corrected chi connectivity index (χ1v) is 10.5. The van der Waals surface area contributed by atoms with Crippen molar-refractivity contribution in [3.05, 3.63) is 42.2 Å². The Morgan fingerprint density at radius 1 is 1.24 bits per heavy atom. The minimum atomic E-state index is -3.31. The van der Waals surface area contributed by atoms with E-state index in [2.05, 4.69) is 10.4 Å². The number of hydrogen-bond acceptors (Lipinski definition) is 4. The minimum Gasteiger partial charge on any atom is -0.321 e. The van der Waals surface area contributed by atoms with Crippen molar-refractivity contribution in [2.75, 3.05) is 11.6 Å². The summed E-state index contributed by atoms with van der Waals surface area (Å²) in [6, 6.07) is 7.96. The van der Waals surface area contributed by atoms with Crippen molar-refractivity contribution in [2.24, 2.45) is 5.92 Å². The average Bonchev–Trinajstić information content (AvgIpc) is 3.03. The van der Waals surface area contributed by atoms with Crippen molar-refractivity contribution in [2.45, 2.75) is 43.5 Å². The van der Waals surface area contributed by atoms with E-state index < -0.39 is 9.84 Å². The fourth-order valence-electron chi connectivity index (χ4n) is 3.28. The SMILES string of the molecule is CS(=O)(=O)c1cccc(NC(=O)c2ccnn2CC2CCCCC2)c1. The molecule has 2 aromatic rings. The molecule has 1 amide bonds. The molecule has 1 aliphatic carbocycles. The summed E-state index contributed by atoms with van der Waals surface area (Å²) >= 11 is 0. The van der Waals surface area contributed by atoms with Crippen molar-refractivity contribution >= 4 is 21.4 Å². The number of aromatic nitrogens is 2. The molecule has 0 spiro atoms. The molecule has 1 saturated carbocycles. The molecule has 0 unspecified atom stereocenters. The highest BCUT2D eigenvalue weighted by molar-refractivity contribution is 7.90. The van der Waals surface area contributed by atoms with Gasteiger partial charge >= 0.3 is 0 Å². The molecule has 1 fully saturated rings. The first-order chi connectivity index (χ1) is 11.9. The lowest BCUT2D eigenvalue weighted by molar-refractivity contribution is 0.101. The van der Waals surface area contributed by atoms with Gasteiger partial charge in [-0.2, -0.15) is 5.10 Å². The Morgan fingerprint density at radius 2 is 2.00 bits per heavy atom. The average molecular weight is 361 g/mol. The van der Waals surface area contributed by atoms with Crippen molar-refractivity contribution in [3.63, 3.8) is 0 Å². The molecule has 0 aliphatic heterocycles. The van der Waals surface area contributed by atoms with Crippen molar-refractivity contribution in [3.8, 4) is 0 Å². The van der Waals surface area contributed by atoms with Gasteiger partial charge in [0.2, 0.25) is 0 Å².